The van der Waals surface area contributed by atoms with E-state index in [-0.39, 0.29) is 24.8 Å². The van der Waals surface area contributed by atoms with Gasteiger partial charge >= 0.3 is 0 Å². The largest absolute Gasteiger partial charge is 0.353 e. The van der Waals surface area contributed by atoms with E-state index in [9.17, 15) is 13.6 Å². The molecule has 2 aliphatic carbocycles. The van der Waals surface area contributed by atoms with Crippen molar-refractivity contribution in [3.05, 3.63) is 24.0 Å². The predicted octanol–water partition coefficient (Wildman–Crippen LogP) is 3.20. The zero-order valence-electron chi connectivity index (χ0n) is 18.3. The number of hydrogen-bond acceptors (Lipinski definition) is 6. The molecule has 0 spiro atoms. The van der Waals surface area contributed by atoms with E-state index in [1.165, 1.54) is 12.8 Å². The predicted molar refractivity (Wildman–Crippen MR) is 116 cm³/mol. The minimum absolute atomic E-state index is 0.0769. The highest BCUT2D eigenvalue weighted by molar-refractivity contribution is 5.73. The van der Waals surface area contributed by atoms with Gasteiger partial charge in [0.05, 0.1) is 5.69 Å². The van der Waals surface area contributed by atoms with Crippen LogP contribution in [-0.2, 0) is 4.79 Å². The molecule has 32 heavy (non-hydrogen) atoms. The number of nitrogens with one attached hydrogen (secondary N) is 1. The van der Waals surface area contributed by atoms with Gasteiger partial charge in [-0.2, -0.15) is 15.1 Å². The number of rotatable bonds is 5. The van der Waals surface area contributed by atoms with Crippen LogP contribution in [0.4, 0.5) is 20.5 Å². The van der Waals surface area contributed by atoms with Gasteiger partial charge < -0.3 is 15.1 Å². The molecule has 3 heterocycles. The maximum atomic E-state index is 13.6. The monoisotopic (exact) mass is 445 g/mol. The standard InChI is InChI=1S/C22H29F2N7O/c1-15(32)29-10-12-30(13-11-29)19-14-20(31-9-6-18(28-31)16-2-3-16)27-21(26-19)25-17-4-7-22(23,24)8-5-17/h6,9,14,16-17H,2-5,7-8,10-13H2,1H3,(H,25,26,27). The lowest BCUT2D eigenvalue weighted by molar-refractivity contribution is -0.129. The van der Waals surface area contributed by atoms with Crippen molar-refractivity contribution in [2.24, 2.45) is 0 Å². The van der Waals surface area contributed by atoms with Gasteiger partial charge in [-0.15, -0.1) is 0 Å². The minimum Gasteiger partial charge on any atom is -0.353 e. The van der Waals surface area contributed by atoms with E-state index < -0.39 is 5.92 Å². The van der Waals surface area contributed by atoms with Crippen LogP contribution in [0.1, 0.15) is 57.1 Å². The molecule has 0 bridgehead atoms. The Morgan fingerprint density at radius 1 is 1.06 bits per heavy atom. The fourth-order valence-electron chi connectivity index (χ4n) is 4.45. The minimum atomic E-state index is -2.57. The van der Waals surface area contributed by atoms with E-state index >= 15 is 0 Å². The number of hydrogen-bond donors (Lipinski definition) is 1. The van der Waals surface area contributed by atoms with Crippen LogP contribution in [0.15, 0.2) is 18.3 Å². The lowest BCUT2D eigenvalue weighted by Crippen LogP contribution is -2.48. The van der Waals surface area contributed by atoms with E-state index in [2.05, 4.69) is 15.2 Å². The first kappa shape index (κ1) is 21.1. The Morgan fingerprint density at radius 3 is 2.41 bits per heavy atom. The van der Waals surface area contributed by atoms with Crippen molar-refractivity contribution in [1.29, 1.82) is 0 Å². The number of alkyl halides is 2. The summed E-state index contributed by atoms with van der Waals surface area (Å²) in [5, 5.41) is 7.99. The molecule has 2 aromatic heterocycles. The number of aromatic nitrogens is 4. The van der Waals surface area contributed by atoms with Gasteiger partial charge in [-0.3, -0.25) is 4.79 Å². The summed E-state index contributed by atoms with van der Waals surface area (Å²) in [5.74, 6) is -0.112. The second-order valence-electron chi connectivity index (χ2n) is 9.14. The SMILES string of the molecule is CC(=O)N1CCN(c2cc(-n3ccc(C4CC4)n3)nc(NC3CCC(F)(F)CC3)n2)CC1. The van der Waals surface area contributed by atoms with Gasteiger partial charge in [0.25, 0.3) is 0 Å². The first-order valence-electron chi connectivity index (χ1n) is 11.5. The van der Waals surface area contributed by atoms with Crippen molar-refractivity contribution < 1.29 is 13.6 Å². The molecule has 1 saturated heterocycles. The smallest absolute Gasteiger partial charge is 0.248 e. The average molecular weight is 446 g/mol. The van der Waals surface area contributed by atoms with Crippen LogP contribution in [0.25, 0.3) is 5.82 Å². The molecule has 3 aliphatic rings. The fourth-order valence-corrected chi connectivity index (χ4v) is 4.45. The van der Waals surface area contributed by atoms with Crippen molar-refractivity contribution in [3.63, 3.8) is 0 Å². The summed E-state index contributed by atoms with van der Waals surface area (Å²) in [6.07, 6.45) is 4.80. The van der Waals surface area contributed by atoms with E-state index in [1.54, 1.807) is 11.6 Å². The van der Waals surface area contributed by atoms with Gasteiger partial charge in [0, 0.05) is 70.2 Å². The fraction of sp³-hybridized carbons (Fsp3) is 0.636. The molecule has 1 aliphatic heterocycles. The highest BCUT2D eigenvalue weighted by Gasteiger charge is 2.35. The number of piperazine rings is 1. The molecular formula is C22H29F2N7O. The van der Waals surface area contributed by atoms with Crippen molar-refractivity contribution in [2.75, 3.05) is 36.4 Å². The number of carbonyl (C=O) groups excluding carboxylic acids is 1. The Kier molecular flexibility index (Phi) is 5.46. The normalized spacial score (nSPS) is 21.6. The van der Waals surface area contributed by atoms with E-state index in [4.69, 9.17) is 10.1 Å². The molecule has 5 rings (SSSR count). The van der Waals surface area contributed by atoms with Crippen molar-refractivity contribution in [2.45, 2.75) is 63.3 Å². The molecule has 0 unspecified atom stereocenters. The molecule has 0 atom stereocenters. The molecule has 0 aromatic carbocycles. The third-order valence-corrected chi connectivity index (χ3v) is 6.64. The van der Waals surface area contributed by atoms with E-state index in [1.807, 2.05) is 23.2 Å². The summed E-state index contributed by atoms with van der Waals surface area (Å²) in [6, 6.07) is 3.86. The summed E-state index contributed by atoms with van der Waals surface area (Å²) in [4.78, 5) is 25.0. The Bertz CT molecular complexity index is 972. The lowest BCUT2D eigenvalue weighted by Gasteiger charge is -2.35. The lowest BCUT2D eigenvalue weighted by atomic mass is 9.92. The molecule has 0 radical (unpaired) electrons. The van der Waals surface area contributed by atoms with Gasteiger partial charge in [0.15, 0.2) is 5.82 Å². The van der Waals surface area contributed by atoms with Gasteiger partial charge in [0.2, 0.25) is 17.8 Å². The van der Waals surface area contributed by atoms with E-state index in [0.717, 1.165) is 11.5 Å². The van der Waals surface area contributed by atoms with Crippen LogP contribution in [0.5, 0.6) is 0 Å². The molecule has 8 nitrogen and oxygen atoms in total. The molecule has 3 fully saturated rings. The quantitative estimate of drug-likeness (QED) is 0.762. The molecule has 1 amide bonds. The third kappa shape index (κ3) is 4.68. The van der Waals surface area contributed by atoms with Crippen LogP contribution >= 0.6 is 0 Å². The molecular weight excluding hydrogens is 416 g/mol. The Morgan fingerprint density at radius 2 is 1.75 bits per heavy atom. The van der Waals surface area contributed by atoms with Gasteiger partial charge in [-0.25, -0.2) is 13.5 Å². The van der Waals surface area contributed by atoms with E-state index in [0.29, 0.717) is 56.7 Å². The molecule has 10 heteroatoms. The highest BCUT2D eigenvalue weighted by Crippen LogP contribution is 2.39. The maximum absolute atomic E-state index is 13.6. The molecule has 172 valence electrons. The Labute approximate surface area is 186 Å². The number of nitrogens with zero attached hydrogens (tertiary/aromatic N) is 6. The molecule has 2 aromatic rings. The van der Waals surface area contributed by atoms with Crippen LogP contribution in [-0.4, -0.2) is 68.7 Å². The number of carbonyl (C=O) groups is 1. The van der Waals surface area contributed by atoms with Crippen molar-refractivity contribution in [1.82, 2.24) is 24.6 Å². The Hall–Kier alpha value is -2.78. The summed E-state index contributed by atoms with van der Waals surface area (Å²) in [7, 11) is 0. The number of anilines is 2. The van der Waals surface area contributed by atoms with Crippen LogP contribution < -0.4 is 10.2 Å². The van der Waals surface area contributed by atoms with Gasteiger partial charge in [-0.05, 0) is 31.7 Å². The first-order valence-corrected chi connectivity index (χ1v) is 11.5. The number of halogens is 2. The zero-order chi connectivity index (χ0) is 22.3. The molecule has 2 saturated carbocycles. The first-order chi connectivity index (χ1) is 15.4. The average Bonchev–Trinajstić information content (AvgIpc) is 3.51. The van der Waals surface area contributed by atoms with Crippen LogP contribution in [0.3, 0.4) is 0 Å². The van der Waals surface area contributed by atoms with Gasteiger partial charge in [-0.1, -0.05) is 0 Å². The van der Waals surface area contributed by atoms with Gasteiger partial charge in [0.1, 0.15) is 5.82 Å². The van der Waals surface area contributed by atoms with Crippen LogP contribution in [0, 0.1) is 0 Å². The Balaban J connectivity index is 1.39. The summed E-state index contributed by atoms with van der Waals surface area (Å²) >= 11 is 0. The zero-order valence-corrected chi connectivity index (χ0v) is 18.3. The second-order valence-corrected chi connectivity index (χ2v) is 9.14. The summed E-state index contributed by atoms with van der Waals surface area (Å²) in [5.41, 5.74) is 1.07. The van der Waals surface area contributed by atoms with Crippen molar-refractivity contribution in [3.8, 4) is 5.82 Å². The maximum Gasteiger partial charge on any atom is 0.248 e. The second kappa shape index (κ2) is 8.29. The summed E-state index contributed by atoms with van der Waals surface area (Å²) in [6.45, 7) is 4.23. The molecule has 1 N–H and O–H groups in total. The highest BCUT2D eigenvalue weighted by atomic mass is 19.3. The summed E-state index contributed by atoms with van der Waals surface area (Å²) < 4.78 is 28.9. The van der Waals surface area contributed by atoms with Crippen LogP contribution in [0.2, 0.25) is 0 Å². The number of amides is 1. The third-order valence-electron chi connectivity index (χ3n) is 6.64. The topological polar surface area (TPSA) is 79.2 Å². The van der Waals surface area contributed by atoms with Crippen molar-refractivity contribution >= 4 is 17.7 Å².